The van der Waals surface area contributed by atoms with Gasteiger partial charge < -0.3 is 14.8 Å². The Bertz CT molecular complexity index is 310. The molecule has 1 N–H and O–H groups in total. The summed E-state index contributed by atoms with van der Waals surface area (Å²) in [6.07, 6.45) is 4.81. The van der Waals surface area contributed by atoms with E-state index in [2.05, 4.69) is 14.8 Å². The summed E-state index contributed by atoms with van der Waals surface area (Å²) in [6, 6.07) is 0. The second kappa shape index (κ2) is 5.95. The molecule has 5 heteroatoms. The number of hydrogen-bond acceptors (Lipinski definition) is 5. The lowest BCUT2D eigenvalue weighted by Gasteiger charge is -2.12. The maximum atomic E-state index is 11.5. The molecule has 0 aromatic rings. The Kier molecular flexibility index (Phi) is 4.57. The summed E-state index contributed by atoms with van der Waals surface area (Å²) in [5, 5.41) is 2.95. The minimum absolute atomic E-state index is 0.203. The smallest absolute Gasteiger partial charge is 0.340 e. The van der Waals surface area contributed by atoms with Crippen LogP contribution < -0.4 is 5.32 Å². The van der Waals surface area contributed by atoms with Gasteiger partial charge in [-0.15, -0.1) is 0 Å². The summed E-state index contributed by atoms with van der Waals surface area (Å²) in [4.78, 5) is 23.0. The molecule has 0 bridgehead atoms. The third-order valence-corrected chi connectivity index (χ3v) is 2.22. The van der Waals surface area contributed by atoms with Gasteiger partial charge in [-0.25, -0.2) is 9.59 Å². The molecule has 1 aliphatic rings. The molecular weight excluding hydrogens is 210 g/mol. The van der Waals surface area contributed by atoms with Crippen molar-refractivity contribution in [3.8, 4) is 0 Å². The van der Waals surface area contributed by atoms with Crippen molar-refractivity contribution in [1.29, 1.82) is 0 Å². The van der Waals surface area contributed by atoms with E-state index in [1.54, 1.807) is 6.08 Å². The summed E-state index contributed by atoms with van der Waals surface area (Å²) in [7, 11) is 2.56. The second-order valence-electron chi connectivity index (χ2n) is 3.26. The van der Waals surface area contributed by atoms with Crippen LogP contribution in [0.3, 0.4) is 0 Å². The van der Waals surface area contributed by atoms with Gasteiger partial charge in [-0.3, -0.25) is 0 Å². The van der Waals surface area contributed by atoms with Crippen molar-refractivity contribution in [3.05, 3.63) is 23.4 Å². The number of ether oxygens (including phenoxy) is 2. The van der Waals surface area contributed by atoms with Crippen LogP contribution in [0.2, 0.25) is 0 Å². The summed E-state index contributed by atoms with van der Waals surface area (Å²) in [5.41, 5.74) is 0.454. The van der Waals surface area contributed by atoms with Crippen LogP contribution in [0.15, 0.2) is 23.4 Å². The fraction of sp³-hybridized carbons (Fsp3) is 0.455. The Morgan fingerprint density at radius 1 is 1.19 bits per heavy atom. The zero-order valence-corrected chi connectivity index (χ0v) is 9.41. The number of hydrogen-bond donors (Lipinski definition) is 1. The SMILES string of the molecule is COC(=O)C1=CCCCNC=C1C(=O)OC. The third kappa shape index (κ3) is 2.85. The first-order chi connectivity index (χ1) is 7.70. The van der Waals surface area contributed by atoms with E-state index in [0.717, 1.165) is 13.0 Å². The minimum atomic E-state index is -0.550. The Morgan fingerprint density at radius 3 is 2.44 bits per heavy atom. The molecule has 0 radical (unpaired) electrons. The number of allylic oxidation sites excluding steroid dienone is 1. The number of methoxy groups -OCH3 is 2. The molecule has 0 aromatic carbocycles. The topological polar surface area (TPSA) is 64.6 Å². The predicted octanol–water partition coefficient (Wildman–Crippen LogP) is 0.526. The molecular formula is C11H15NO4. The number of esters is 2. The van der Waals surface area contributed by atoms with Crippen LogP contribution in [-0.4, -0.2) is 32.7 Å². The van der Waals surface area contributed by atoms with E-state index in [1.807, 2.05) is 0 Å². The Labute approximate surface area is 94.1 Å². The number of rotatable bonds is 2. The molecule has 0 fully saturated rings. The molecule has 5 nitrogen and oxygen atoms in total. The first-order valence-corrected chi connectivity index (χ1v) is 5.01. The largest absolute Gasteiger partial charge is 0.465 e. The highest BCUT2D eigenvalue weighted by atomic mass is 16.5. The lowest BCUT2D eigenvalue weighted by molar-refractivity contribution is -0.139. The van der Waals surface area contributed by atoms with E-state index in [-0.39, 0.29) is 11.1 Å². The molecule has 0 atom stereocenters. The highest BCUT2D eigenvalue weighted by Crippen LogP contribution is 2.16. The number of carbonyl (C=O) groups excluding carboxylic acids is 2. The quantitative estimate of drug-likeness (QED) is 0.694. The van der Waals surface area contributed by atoms with Gasteiger partial charge in [0.05, 0.1) is 25.4 Å². The van der Waals surface area contributed by atoms with Gasteiger partial charge in [0.25, 0.3) is 0 Å². The summed E-state index contributed by atoms with van der Waals surface area (Å²) in [6.45, 7) is 0.755. The van der Waals surface area contributed by atoms with Crippen LogP contribution in [0, 0.1) is 0 Å². The molecule has 0 aromatic heterocycles. The minimum Gasteiger partial charge on any atom is -0.465 e. The van der Waals surface area contributed by atoms with E-state index >= 15 is 0 Å². The standard InChI is InChI=1S/C11H15NO4/c1-15-10(13)8-5-3-4-6-12-7-9(8)11(14)16-2/h5,7,12H,3-4,6H2,1-2H3. The Morgan fingerprint density at radius 2 is 1.81 bits per heavy atom. The first kappa shape index (κ1) is 12.3. The zero-order valence-electron chi connectivity index (χ0n) is 9.41. The van der Waals surface area contributed by atoms with E-state index in [1.165, 1.54) is 20.4 Å². The average molecular weight is 225 g/mol. The van der Waals surface area contributed by atoms with Crippen LogP contribution in [0.25, 0.3) is 0 Å². The predicted molar refractivity (Wildman–Crippen MR) is 57.4 cm³/mol. The molecule has 16 heavy (non-hydrogen) atoms. The maximum absolute atomic E-state index is 11.5. The highest BCUT2D eigenvalue weighted by Gasteiger charge is 2.22. The normalized spacial score (nSPS) is 15.9. The fourth-order valence-corrected chi connectivity index (χ4v) is 1.39. The number of carbonyl (C=O) groups is 2. The van der Waals surface area contributed by atoms with Crippen molar-refractivity contribution in [2.75, 3.05) is 20.8 Å². The van der Waals surface area contributed by atoms with Crippen molar-refractivity contribution in [3.63, 3.8) is 0 Å². The molecule has 1 rings (SSSR count). The Hall–Kier alpha value is -1.78. The third-order valence-electron chi connectivity index (χ3n) is 2.22. The van der Waals surface area contributed by atoms with E-state index in [0.29, 0.717) is 6.42 Å². The monoisotopic (exact) mass is 225 g/mol. The fourth-order valence-electron chi connectivity index (χ4n) is 1.39. The van der Waals surface area contributed by atoms with Crippen LogP contribution in [0.4, 0.5) is 0 Å². The van der Waals surface area contributed by atoms with E-state index in [9.17, 15) is 9.59 Å². The lowest BCUT2D eigenvalue weighted by Crippen LogP contribution is -2.20. The van der Waals surface area contributed by atoms with Crippen molar-refractivity contribution in [1.82, 2.24) is 5.32 Å². The van der Waals surface area contributed by atoms with Gasteiger partial charge in [-0.2, -0.15) is 0 Å². The van der Waals surface area contributed by atoms with Crippen LogP contribution in [-0.2, 0) is 19.1 Å². The first-order valence-electron chi connectivity index (χ1n) is 5.01. The molecule has 0 unspecified atom stereocenters. The molecule has 0 amide bonds. The highest BCUT2D eigenvalue weighted by molar-refractivity contribution is 6.06. The lowest BCUT2D eigenvalue weighted by atomic mass is 10.0. The summed E-state index contributed by atoms with van der Waals surface area (Å²) in [5.74, 6) is -1.08. The van der Waals surface area contributed by atoms with Crippen LogP contribution in [0.5, 0.6) is 0 Å². The summed E-state index contributed by atoms with van der Waals surface area (Å²) >= 11 is 0. The van der Waals surface area contributed by atoms with Gasteiger partial charge in [-0.1, -0.05) is 6.08 Å². The van der Waals surface area contributed by atoms with Crippen LogP contribution >= 0.6 is 0 Å². The molecule has 0 saturated carbocycles. The van der Waals surface area contributed by atoms with Crippen molar-refractivity contribution in [2.45, 2.75) is 12.8 Å². The van der Waals surface area contributed by atoms with Gasteiger partial charge in [0, 0.05) is 12.7 Å². The maximum Gasteiger partial charge on any atom is 0.340 e. The zero-order chi connectivity index (χ0) is 12.0. The average Bonchev–Trinajstić information content (AvgIpc) is 2.27. The van der Waals surface area contributed by atoms with Gasteiger partial charge in [0.2, 0.25) is 0 Å². The van der Waals surface area contributed by atoms with Crippen LogP contribution in [0.1, 0.15) is 12.8 Å². The summed E-state index contributed by atoms with van der Waals surface area (Å²) < 4.78 is 9.24. The van der Waals surface area contributed by atoms with Gasteiger partial charge in [0.1, 0.15) is 0 Å². The van der Waals surface area contributed by atoms with Gasteiger partial charge in [0.15, 0.2) is 0 Å². The number of nitrogens with one attached hydrogen (secondary N) is 1. The molecule has 88 valence electrons. The van der Waals surface area contributed by atoms with Gasteiger partial charge in [-0.05, 0) is 12.8 Å². The molecule has 0 aliphatic carbocycles. The molecule has 1 heterocycles. The molecule has 0 spiro atoms. The Balaban J connectivity index is 3.03. The van der Waals surface area contributed by atoms with Crippen molar-refractivity contribution in [2.24, 2.45) is 0 Å². The molecule has 1 aliphatic heterocycles. The molecule has 0 saturated heterocycles. The van der Waals surface area contributed by atoms with E-state index in [4.69, 9.17) is 0 Å². The van der Waals surface area contributed by atoms with Gasteiger partial charge >= 0.3 is 11.9 Å². The van der Waals surface area contributed by atoms with Crippen molar-refractivity contribution < 1.29 is 19.1 Å². The van der Waals surface area contributed by atoms with E-state index < -0.39 is 11.9 Å². The second-order valence-corrected chi connectivity index (χ2v) is 3.26. The van der Waals surface area contributed by atoms with Crippen molar-refractivity contribution >= 4 is 11.9 Å².